The summed E-state index contributed by atoms with van der Waals surface area (Å²) in [5.41, 5.74) is 7.57. The number of thiazole rings is 1. The summed E-state index contributed by atoms with van der Waals surface area (Å²) in [5.74, 6) is 0. The van der Waals surface area contributed by atoms with Crippen molar-refractivity contribution in [2.45, 2.75) is 19.4 Å². The van der Waals surface area contributed by atoms with Gasteiger partial charge in [0.2, 0.25) is 0 Å². The van der Waals surface area contributed by atoms with E-state index in [4.69, 9.17) is 5.73 Å². The number of para-hydroxylation sites is 1. The highest BCUT2D eigenvalue weighted by atomic mass is 32.1. The van der Waals surface area contributed by atoms with Crippen molar-refractivity contribution in [2.75, 3.05) is 0 Å². The molecule has 1 unspecified atom stereocenters. The maximum Gasteiger partial charge on any atom is 0.272 e. The quantitative estimate of drug-likeness (QED) is 0.679. The van der Waals surface area contributed by atoms with E-state index in [1.807, 2.05) is 12.3 Å². The predicted molar refractivity (Wildman–Crippen MR) is 70.6 cm³/mol. The zero-order valence-electron chi connectivity index (χ0n) is 9.87. The molecule has 0 radical (unpaired) electrons. The standard InChI is InChI=1S/C12H13N3O2S/c1-8-14-11(7-18-8)10(13)6-9-4-2-3-5-12(9)15(16)17/h2-5,7,10H,6,13H2,1H3. The minimum Gasteiger partial charge on any atom is -0.322 e. The van der Waals surface area contributed by atoms with Gasteiger partial charge in [0.15, 0.2) is 0 Å². The van der Waals surface area contributed by atoms with Gasteiger partial charge in [-0.3, -0.25) is 10.1 Å². The van der Waals surface area contributed by atoms with E-state index in [1.54, 1.807) is 18.2 Å². The number of nitro groups is 1. The number of aromatic nitrogens is 1. The summed E-state index contributed by atoms with van der Waals surface area (Å²) in [4.78, 5) is 14.8. The highest BCUT2D eigenvalue weighted by molar-refractivity contribution is 7.09. The van der Waals surface area contributed by atoms with Gasteiger partial charge in [0, 0.05) is 17.0 Å². The van der Waals surface area contributed by atoms with Crippen LogP contribution in [0, 0.1) is 17.0 Å². The molecular formula is C12H13N3O2S. The fourth-order valence-electron chi connectivity index (χ4n) is 1.75. The molecule has 5 nitrogen and oxygen atoms in total. The van der Waals surface area contributed by atoms with Crippen LogP contribution in [0.4, 0.5) is 5.69 Å². The van der Waals surface area contributed by atoms with Crippen LogP contribution in [0.1, 0.15) is 22.3 Å². The number of benzene rings is 1. The molecule has 0 aliphatic heterocycles. The molecule has 0 bridgehead atoms. The molecule has 0 spiro atoms. The number of nitro benzene ring substituents is 1. The monoisotopic (exact) mass is 263 g/mol. The van der Waals surface area contributed by atoms with Crippen LogP contribution in [0.25, 0.3) is 0 Å². The average molecular weight is 263 g/mol. The maximum absolute atomic E-state index is 10.9. The second-order valence-corrected chi connectivity index (χ2v) is 5.05. The van der Waals surface area contributed by atoms with Crippen LogP contribution in [-0.2, 0) is 6.42 Å². The Morgan fingerprint density at radius 3 is 2.83 bits per heavy atom. The van der Waals surface area contributed by atoms with Crippen molar-refractivity contribution < 1.29 is 4.92 Å². The molecule has 2 N–H and O–H groups in total. The van der Waals surface area contributed by atoms with Crippen molar-refractivity contribution in [1.29, 1.82) is 0 Å². The predicted octanol–water partition coefficient (Wildman–Crippen LogP) is 2.60. The number of nitrogens with zero attached hydrogens (tertiary/aromatic N) is 2. The Bertz CT molecular complexity index is 568. The van der Waals surface area contributed by atoms with Gasteiger partial charge < -0.3 is 5.73 Å². The molecule has 2 aromatic rings. The molecule has 1 aromatic heterocycles. The number of nitrogens with two attached hydrogens (primary N) is 1. The lowest BCUT2D eigenvalue weighted by molar-refractivity contribution is -0.385. The Morgan fingerprint density at radius 2 is 2.22 bits per heavy atom. The van der Waals surface area contributed by atoms with E-state index in [-0.39, 0.29) is 16.7 Å². The largest absolute Gasteiger partial charge is 0.322 e. The fraction of sp³-hybridized carbons (Fsp3) is 0.250. The molecule has 1 heterocycles. The van der Waals surface area contributed by atoms with Gasteiger partial charge in [-0.1, -0.05) is 18.2 Å². The summed E-state index contributed by atoms with van der Waals surface area (Å²) in [6, 6.07) is 6.35. The zero-order chi connectivity index (χ0) is 13.1. The van der Waals surface area contributed by atoms with E-state index >= 15 is 0 Å². The zero-order valence-corrected chi connectivity index (χ0v) is 10.7. The molecule has 0 saturated carbocycles. The number of hydrogen-bond donors (Lipinski definition) is 1. The van der Waals surface area contributed by atoms with E-state index < -0.39 is 0 Å². The van der Waals surface area contributed by atoms with Gasteiger partial charge in [0.1, 0.15) is 0 Å². The molecule has 94 valence electrons. The highest BCUT2D eigenvalue weighted by Gasteiger charge is 2.17. The Morgan fingerprint density at radius 1 is 1.50 bits per heavy atom. The fourth-order valence-corrected chi connectivity index (χ4v) is 2.43. The summed E-state index contributed by atoms with van der Waals surface area (Å²) in [7, 11) is 0. The average Bonchev–Trinajstić information content (AvgIpc) is 2.76. The van der Waals surface area contributed by atoms with Gasteiger partial charge >= 0.3 is 0 Å². The first-order chi connectivity index (χ1) is 8.58. The third kappa shape index (κ3) is 2.72. The van der Waals surface area contributed by atoms with Gasteiger partial charge in [0.05, 0.1) is 21.7 Å². The summed E-state index contributed by atoms with van der Waals surface area (Å²) in [5, 5.41) is 13.7. The molecular weight excluding hydrogens is 250 g/mol. The molecule has 1 aromatic carbocycles. The molecule has 0 saturated heterocycles. The smallest absolute Gasteiger partial charge is 0.272 e. The van der Waals surface area contributed by atoms with Gasteiger partial charge in [-0.25, -0.2) is 4.98 Å². The lowest BCUT2D eigenvalue weighted by Gasteiger charge is -2.09. The van der Waals surface area contributed by atoms with E-state index in [9.17, 15) is 10.1 Å². The highest BCUT2D eigenvalue weighted by Crippen LogP contribution is 2.24. The van der Waals surface area contributed by atoms with Crippen LogP contribution in [0.15, 0.2) is 29.6 Å². The molecule has 0 fully saturated rings. The second-order valence-electron chi connectivity index (χ2n) is 3.99. The van der Waals surface area contributed by atoms with Crippen molar-refractivity contribution in [2.24, 2.45) is 5.73 Å². The summed E-state index contributed by atoms with van der Waals surface area (Å²) in [6.07, 6.45) is 0.417. The first-order valence-electron chi connectivity index (χ1n) is 5.48. The first-order valence-corrected chi connectivity index (χ1v) is 6.36. The van der Waals surface area contributed by atoms with Crippen molar-refractivity contribution in [3.05, 3.63) is 56.0 Å². The van der Waals surface area contributed by atoms with Crippen LogP contribution in [0.2, 0.25) is 0 Å². The number of aryl methyl sites for hydroxylation is 1. The number of hydrogen-bond acceptors (Lipinski definition) is 5. The number of rotatable bonds is 4. The van der Waals surface area contributed by atoms with Crippen molar-refractivity contribution in [1.82, 2.24) is 4.98 Å². The molecule has 1 atom stereocenters. The lowest BCUT2D eigenvalue weighted by Crippen LogP contribution is -2.14. The van der Waals surface area contributed by atoms with E-state index in [0.717, 1.165) is 10.7 Å². The van der Waals surface area contributed by atoms with E-state index in [1.165, 1.54) is 17.4 Å². The van der Waals surface area contributed by atoms with Gasteiger partial charge in [0.25, 0.3) is 5.69 Å². The molecule has 2 rings (SSSR count). The van der Waals surface area contributed by atoms with Crippen molar-refractivity contribution in [3.63, 3.8) is 0 Å². The minimum absolute atomic E-state index is 0.111. The van der Waals surface area contributed by atoms with Crippen molar-refractivity contribution in [3.8, 4) is 0 Å². The Hall–Kier alpha value is -1.79. The van der Waals surface area contributed by atoms with E-state index in [0.29, 0.717) is 12.0 Å². The molecule has 0 amide bonds. The molecule has 6 heteroatoms. The third-order valence-corrected chi connectivity index (χ3v) is 3.44. The Labute approximate surface area is 108 Å². The second kappa shape index (κ2) is 5.24. The third-order valence-electron chi connectivity index (χ3n) is 2.64. The summed E-state index contributed by atoms with van der Waals surface area (Å²) in [6.45, 7) is 1.91. The molecule has 0 aliphatic rings. The van der Waals surface area contributed by atoms with Crippen molar-refractivity contribution >= 4 is 17.0 Å². The van der Waals surface area contributed by atoms with E-state index in [2.05, 4.69) is 4.98 Å². The first kappa shape index (κ1) is 12.7. The topological polar surface area (TPSA) is 82.0 Å². The van der Waals surface area contributed by atoms with Crippen LogP contribution >= 0.6 is 11.3 Å². The van der Waals surface area contributed by atoms with Gasteiger partial charge in [-0.2, -0.15) is 0 Å². The Kier molecular flexibility index (Phi) is 3.69. The van der Waals surface area contributed by atoms with Crippen LogP contribution in [-0.4, -0.2) is 9.91 Å². The Balaban J connectivity index is 2.21. The molecule has 18 heavy (non-hydrogen) atoms. The maximum atomic E-state index is 10.9. The summed E-state index contributed by atoms with van der Waals surface area (Å²) < 4.78 is 0. The van der Waals surface area contributed by atoms with Gasteiger partial charge in [-0.05, 0) is 13.3 Å². The van der Waals surface area contributed by atoms with Crippen LogP contribution in [0.5, 0.6) is 0 Å². The normalized spacial score (nSPS) is 12.3. The van der Waals surface area contributed by atoms with Crippen LogP contribution in [0.3, 0.4) is 0 Å². The molecule has 0 aliphatic carbocycles. The van der Waals surface area contributed by atoms with Crippen LogP contribution < -0.4 is 5.73 Å². The SMILES string of the molecule is Cc1nc(C(N)Cc2ccccc2[N+](=O)[O-])cs1. The lowest BCUT2D eigenvalue weighted by atomic mass is 10.0. The van der Waals surface area contributed by atoms with Gasteiger partial charge in [-0.15, -0.1) is 11.3 Å². The summed E-state index contributed by atoms with van der Waals surface area (Å²) >= 11 is 1.53. The minimum atomic E-state index is -0.381.